The first-order valence-corrected chi connectivity index (χ1v) is 5.68. The Kier molecular flexibility index (Phi) is 4.09. The molecule has 0 aliphatic carbocycles. The molecule has 1 aromatic carbocycles. The van der Waals surface area contributed by atoms with Gasteiger partial charge in [0.05, 0.1) is 0 Å². The maximum absolute atomic E-state index is 8.80. The van der Waals surface area contributed by atoms with Crippen LogP contribution in [0.5, 0.6) is 0 Å². The van der Waals surface area contributed by atoms with E-state index in [9.17, 15) is 0 Å². The van der Waals surface area contributed by atoms with Crippen molar-refractivity contribution in [2.24, 2.45) is 5.10 Å². The monoisotopic (exact) mass is 252 g/mol. The van der Waals surface area contributed by atoms with Crippen molar-refractivity contribution < 1.29 is 4.42 Å². The molecule has 0 spiro atoms. The Labute approximate surface area is 110 Å². The highest BCUT2D eigenvalue weighted by molar-refractivity contribution is 5.78. The Balaban J connectivity index is 1.94. The van der Waals surface area contributed by atoms with Crippen LogP contribution in [0.25, 0.3) is 6.08 Å². The van der Waals surface area contributed by atoms with Crippen LogP contribution in [-0.2, 0) is 0 Å². The number of hydrogen-bond acceptors (Lipinski definition) is 5. The number of anilines is 1. The van der Waals surface area contributed by atoms with Crippen LogP contribution in [0.2, 0.25) is 0 Å². The van der Waals surface area contributed by atoms with Crippen molar-refractivity contribution in [2.75, 3.05) is 5.43 Å². The zero-order valence-electron chi connectivity index (χ0n) is 10.4. The van der Waals surface area contributed by atoms with Crippen LogP contribution in [0.4, 0.5) is 5.88 Å². The largest absolute Gasteiger partial charge is 0.422 e. The zero-order valence-corrected chi connectivity index (χ0v) is 10.4. The second-order valence-electron chi connectivity index (χ2n) is 3.68. The lowest BCUT2D eigenvalue weighted by Crippen LogP contribution is -1.89. The lowest BCUT2D eigenvalue weighted by molar-refractivity contribution is 0.533. The number of oxazole rings is 1. The summed E-state index contributed by atoms with van der Waals surface area (Å²) in [6, 6.07) is 11.8. The van der Waals surface area contributed by atoms with Gasteiger partial charge in [0.1, 0.15) is 6.07 Å². The summed E-state index contributed by atoms with van der Waals surface area (Å²) in [5.74, 6) is 0.679. The first kappa shape index (κ1) is 12.6. The highest BCUT2D eigenvalue weighted by Gasteiger charge is 2.08. The van der Waals surface area contributed by atoms with Gasteiger partial charge in [0, 0.05) is 13.1 Å². The number of nitrogens with zero attached hydrogens (tertiary/aromatic N) is 3. The van der Waals surface area contributed by atoms with Crippen molar-refractivity contribution in [3.8, 4) is 6.07 Å². The second kappa shape index (κ2) is 6.17. The van der Waals surface area contributed by atoms with Gasteiger partial charge in [0.25, 0.3) is 5.88 Å². The first-order valence-electron chi connectivity index (χ1n) is 5.68. The lowest BCUT2D eigenvalue weighted by atomic mass is 10.2. The number of hydrazone groups is 1. The number of benzene rings is 1. The highest BCUT2D eigenvalue weighted by Crippen LogP contribution is 2.15. The van der Waals surface area contributed by atoms with Gasteiger partial charge in [0.15, 0.2) is 5.89 Å². The van der Waals surface area contributed by atoms with Gasteiger partial charge in [-0.15, -0.1) is 0 Å². The Hall–Kier alpha value is -2.87. The fourth-order valence-corrected chi connectivity index (χ4v) is 1.44. The number of aromatic nitrogens is 1. The van der Waals surface area contributed by atoms with Crippen LogP contribution in [0.3, 0.4) is 0 Å². The summed E-state index contributed by atoms with van der Waals surface area (Å²) in [6.07, 6.45) is 5.28. The first-order chi connectivity index (χ1) is 9.29. The molecule has 0 saturated heterocycles. The molecule has 2 aromatic rings. The van der Waals surface area contributed by atoms with E-state index >= 15 is 0 Å². The smallest absolute Gasteiger partial charge is 0.252 e. The zero-order chi connectivity index (χ0) is 13.5. The minimum Gasteiger partial charge on any atom is -0.422 e. The van der Waals surface area contributed by atoms with Crippen LogP contribution < -0.4 is 5.43 Å². The number of hydrogen-bond donors (Lipinski definition) is 1. The van der Waals surface area contributed by atoms with Gasteiger partial charge in [-0.3, -0.25) is 0 Å². The molecular weight excluding hydrogens is 240 g/mol. The number of rotatable bonds is 4. The van der Waals surface area contributed by atoms with E-state index in [4.69, 9.17) is 9.68 Å². The molecule has 0 radical (unpaired) electrons. The van der Waals surface area contributed by atoms with Crippen molar-refractivity contribution in [1.29, 1.82) is 5.26 Å². The predicted octanol–water partition coefficient (Wildman–Crippen LogP) is 2.97. The molecule has 1 N–H and O–H groups in total. The normalized spacial score (nSPS) is 10.9. The molecule has 5 nitrogen and oxygen atoms in total. The van der Waals surface area contributed by atoms with Crippen molar-refractivity contribution in [3.63, 3.8) is 0 Å². The fourth-order valence-electron chi connectivity index (χ4n) is 1.44. The summed E-state index contributed by atoms with van der Waals surface area (Å²) < 4.78 is 5.19. The molecule has 19 heavy (non-hydrogen) atoms. The predicted molar refractivity (Wildman–Crippen MR) is 73.5 cm³/mol. The molecule has 94 valence electrons. The topological polar surface area (TPSA) is 74.2 Å². The standard InChI is InChI=1S/C14H12N4O/c1-11-17-13(10-15)14(19-11)18-16-9-5-8-12-6-3-2-4-7-12/h2-9,18H,1H3. The van der Waals surface area contributed by atoms with Gasteiger partial charge < -0.3 is 4.42 Å². The van der Waals surface area contributed by atoms with Crippen LogP contribution in [0, 0.1) is 18.3 Å². The Morgan fingerprint density at radius 1 is 1.37 bits per heavy atom. The summed E-state index contributed by atoms with van der Waals surface area (Å²) >= 11 is 0. The molecule has 0 amide bonds. The van der Waals surface area contributed by atoms with Gasteiger partial charge in [0.2, 0.25) is 5.69 Å². The van der Waals surface area contributed by atoms with Gasteiger partial charge in [-0.2, -0.15) is 10.4 Å². The van der Waals surface area contributed by atoms with E-state index in [0.717, 1.165) is 5.56 Å². The third kappa shape index (κ3) is 3.54. The highest BCUT2D eigenvalue weighted by atomic mass is 16.4. The van der Waals surface area contributed by atoms with Crippen molar-refractivity contribution >= 4 is 18.2 Å². The maximum Gasteiger partial charge on any atom is 0.252 e. The number of allylic oxidation sites excluding steroid dienone is 1. The van der Waals surface area contributed by atoms with E-state index in [2.05, 4.69) is 15.5 Å². The summed E-state index contributed by atoms with van der Waals surface area (Å²) in [4.78, 5) is 3.89. The third-order valence-electron chi connectivity index (χ3n) is 2.25. The Bertz CT molecular complexity index is 635. The van der Waals surface area contributed by atoms with E-state index in [1.54, 1.807) is 19.2 Å². The fraction of sp³-hybridized carbons (Fsp3) is 0.0714. The van der Waals surface area contributed by atoms with Crippen molar-refractivity contribution in [2.45, 2.75) is 6.92 Å². The average Bonchev–Trinajstić information content (AvgIpc) is 2.80. The summed E-state index contributed by atoms with van der Waals surface area (Å²) in [5, 5.41) is 12.7. The second-order valence-corrected chi connectivity index (χ2v) is 3.68. The molecular formula is C14H12N4O. The SMILES string of the molecule is Cc1nc(C#N)c(NN=CC=Cc2ccccc2)o1. The van der Waals surface area contributed by atoms with Gasteiger partial charge in [-0.05, 0) is 11.6 Å². The molecule has 0 aliphatic rings. The number of aryl methyl sites for hydroxylation is 1. The van der Waals surface area contributed by atoms with E-state index in [1.807, 2.05) is 42.5 Å². The summed E-state index contributed by atoms with van der Waals surface area (Å²) in [6.45, 7) is 1.67. The Morgan fingerprint density at radius 2 is 2.16 bits per heavy atom. The molecule has 0 bridgehead atoms. The van der Waals surface area contributed by atoms with E-state index in [1.165, 1.54) is 0 Å². The van der Waals surface area contributed by atoms with Gasteiger partial charge >= 0.3 is 0 Å². The Morgan fingerprint density at radius 3 is 2.89 bits per heavy atom. The minimum atomic E-state index is 0.196. The van der Waals surface area contributed by atoms with Crippen molar-refractivity contribution in [3.05, 3.63) is 53.6 Å². The number of nitrogens with one attached hydrogen (secondary N) is 1. The molecule has 0 atom stereocenters. The van der Waals surface area contributed by atoms with Crippen LogP contribution >= 0.6 is 0 Å². The summed E-state index contributed by atoms with van der Waals surface area (Å²) in [7, 11) is 0. The average molecular weight is 252 g/mol. The quantitative estimate of drug-likeness (QED) is 0.670. The molecule has 0 aliphatic heterocycles. The molecule has 2 rings (SSSR count). The minimum absolute atomic E-state index is 0.196. The summed E-state index contributed by atoms with van der Waals surface area (Å²) in [5.41, 5.74) is 3.92. The van der Waals surface area contributed by atoms with Crippen LogP contribution in [0.1, 0.15) is 17.1 Å². The molecule has 0 unspecified atom stereocenters. The molecule has 5 heteroatoms. The van der Waals surface area contributed by atoms with E-state index < -0.39 is 0 Å². The van der Waals surface area contributed by atoms with E-state index in [0.29, 0.717) is 5.89 Å². The van der Waals surface area contributed by atoms with Crippen molar-refractivity contribution in [1.82, 2.24) is 4.98 Å². The van der Waals surface area contributed by atoms with Gasteiger partial charge in [-0.25, -0.2) is 10.4 Å². The van der Waals surface area contributed by atoms with Crippen LogP contribution in [0.15, 0.2) is 45.9 Å². The number of nitriles is 1. The van der Waals surface area contributed by atoms with Crippen LogP contribution in [-0.4, -0.2) is 11.2 Å². The molecule has 0 saturated carbocycles. The van der Waals surface area contributed by atoms with E-state index in [-0.39, 0.29) is 11.6 Å². The van der Waals surface area contributed by atoms with Gasteiger partial charge in [-0.1, -0.05) is 36.4 Å². The lowest BCUT2D eigenvalue weighted by Gasteiger charge is -1.92. The molecule has 0 fully saturated rings. The third-order valence-corrected chi connectivity index (χ3v) is 2.25. The maximum atomic E-state index is 8.80. The molecule has 1 aromatic heterocycles. The molecule has 1 heterocycles.